The molecule has 6 nitrogen and oxygen atoms in total. The molecule has 0 amide bonds. The molecule has 3 saturated carbocycles. The zero-order valence-electron chi connectivity index (χ0n) is 20.7. The minimum atomic E-state index is -0.954. The van der Waals surface area contributed by atoms with Crippen molar-refractivity contribution in [2.75, 3.05) is 0 Å². The Bertz CT molecular complexity index is 760. The number of allylic oxidation sites excluding steroid dienone is 2. The van der Waals surface area contributed by atoms with Gasteiger partial charge in [0.1, 0.15) is 6.10 Å². The predicted octanol–water partition coefficient (Wildman–Crippen LogP) is 3.16. The number of aliphatic hydroxyl groups is 4. The number of hydrogen-bond donors (Lipinski definition) is 4. The molecule has 13 atom stereocenters. The number of fused-ring (bicyclic) bond motifs is 5. The number of rotatable bonds is 3. The lowest BCUT2D eigenvalue weighted by molar-refractivity contribution is -0.288. The Morgan fingerprint density at radius 3 is 2.42 bits per heavy atom. The Balaban J connectivity index is 1.34. The summed E-state index contributed by atoms with van der Waals surface area (Å²) in [5.74, 6) is 1.94. The highest BCUT2D eigenvalue weighted by Crippen LogP contribution is 2.67. The Labute approximate surface area is 198 Å². The van der Waals surface area contributed by atoms with E-state index in [2.05, 4.69) is 26.0 Å². The van der Waals surface area contributed by atoms with Gasteiger partial charge in [0.15, 0.2) is 6.29 Å². The van der Waals surface area contributed by atoms with Gasteiger partial charge >= 0.3 is 0 Å². The third kappa shape index (κ3) is 3.58. The van der Waals surface area contributed by atoms with E-state index in [1.54, 1.807) is 6.92 Å². The molecule has 5 rings (SSSR count). The topological polar surface area (TPSA) is 99.4 Å². The fraction of sp³-hybridized carbons (Fsp3) is 0.926. The van der Waals surface area contributed by atoms with Crippen LogP contribution in [-0.2, 0) is 9.47 Å². The van der Waals surface area contributed by atoms with Gasteiger partial charge in [-0.1, -0.05) is 26.0 Å². The molecule has 0 bridgehead atoms. The van der Waals surface area contributed by atoms with Crippen molar-refractivity contribution >= 4 is 0 Å². The van der Waals surface area contributed by atoms with Gasteiger partial charge in [0.2, 0.25) is 0 Å². The van der Waals surface area contributed by atoms with Crippen molar-refractivity contribution in [3.63, 3.8) is 0 Å². The van der Waals surface area contributed by atoms with Crippen molar-refractivity contribution < 1.29 is 29.9 Å². The fourth-order valence-electron chi connectivity index (χ4n) is 8.77. The highest BCUT2D eigenvalue weighted by molar-refractivity contribution is 5.21. The summed E-state index contributed by atoms with van der Waals surface area (Å²) in [4.78, 5) is 0. The Morgan fingerprint density at radius 1 is 0.970 bits per heavy atom. The van der Waals surface area contributed by atoms with Crippen LogP contribution in [0, 0.1) is 34.5 Å². The molecule has 1 heterocycles. The summed E-state index contributed by atoms with van der Waals surface area (Å²) in [5.41, 5.74) is -0.954. The van der Waals surface area contributed by atoms with Gasteiger partial charge in [-0.15, -0.1) is 0 Å². The van der Waals surface area contributed by atoms with Gasteiger partial charge in [-0.05, 0) is 87.9 Å². The number of hydrogen-bond acceptors (Lipinski definition) is 6. The normalized spacial score (nSPS) is 57.2. The molecule has 188 valence electrons. The molecule has 0 aromatic carbocycles. The van der Waals surface area contributed by atoms with Crippen molar-refractivity contribution in [2.24, 2.45) is 34.5 Å². The molecule has 0 spiro atoms. The molecule has 0 unspecified atom stereocenters. The van der Waals surface area contributed by atoms with Gasteiger partial charge in [0.25, 0.3) is 0 Å². The first-order chi connectivity index (χ1) is 15.5. The Morgan fingerprint density at radius 2 is 1.70 bits per heavy atom. The van der Waals surface area contributed by atoms with Gasteiger partial charge < -0.3 is 29.9 Å². The van der Waals surface area contributed by atoms with Crippen LogP contribution in [0.4, 0.5) is 0 Å². The van der Waals surface area contributed by atoms with E-state index in [0.29, 0.717) is 30.1 Å². The smallest absolute Gasteiger partial charge is 0.161 e. The first-order valence-corrected chi connectivity index (χ1v) is 13.3. The van der Waals surface area contributed by atoms with Crippen LogP contribution in [-0.4, -0.2) is 62.8 Å². The van der Waals surface area contributed by atoms with E-state index in [9.17, 15) is 20.4 Å². The van der Waals surface area contributed by atoms with Gasteiger partial charge in [-0.2, -0.15) is 0 Å². The van der Waals surface area contributed by atoms with Crippen molar-refractivity contribution in [3.05, 3.63) is 12.2 Å². The second kappa shape index (κ2) is 8.28. The molecular formula is C27H44O6. The summed E-state index contributed by atoms with van der Waals surface area (Å²) >= 11 is 0. The fourth-order valence-corrected chi connectivity index (χ4v) is 8.77. The lowest BCUT2D eigenvalue weighted by Crippen LogP contribution is -2.60. The van der Waals surface area contributed by atoms with E-state index < -0.39 is 36.3 Å². The molecule has 0 radical (unpaired) electrons. The van der Waals surface area contributed by atoms with Crippen molar-refractivity contribution in [3.8, 4) is 0 Å². The van der Waals surface area contributed by atoms with Crippen LogP contribution < -0.4 is 0 Å². The van der Waals surface area contributed by atoms with E-state index >= 15 is 0 Å². The van der Waals surface area contributed by atoms with Crippen molar-refractivity contribution in [2.45, 2.75) is 121 Å². The summed E-state index contributed by atoms with van der Waals surface area (Å²) in [6, 6.07) is 0. The molecule has 33 heavy (non-hydrogen) atoms. The monoisotopic (exact) mass is 464 g/mol. The van der Waals surface area contributed by atoms with Gasteiger partial charge in [0.05, 0.1) is 30.0 Å². The summed E-state index contributed by atoms with van der Waals surface area (Å²) in [6.07, 6.45) is 8.16. The standard InChI is InChI=1S/C27H44O6/c1-15-24(30)22(29)14-23(32-15)33-16(2)27(31)12-9-21-19-6-5-17-13-18(28)7-10-25(17,3)20(19)8-11-26(21,27)4/h5-6,15-24,28-31H,7-14H2,1-4H3/t15-,16-,17+,18+,19-,20+,21+,22+,23+,24-,25+,26+,27+/m1/s1. The van der Waals surface area contributed by atoms with Crippen LogP contribution in [0.15, 0.2) is 12.2 Å². The molecule has 1 saturated heterocycles. The van der Waals surface area contributed by atoms with Crippen molar-refractivity contribution in [1.29, 1.82) is 0 Å². The summed E-state index contributed by atoms with van der Waals surface area (Å²) < 4.78 is 12.1. The molecule has 0 aromatic heterocycles. The molecule has 5 aliphatic rings. The minimum absolute atomic E-state index is 0.169. The highest BCUT2D eigenvalue weighted by Gasteiger charge is 2.65. The van der Waals surface area contributed by atoms with Gasteiger partial charge in [-0.3, -0.25) is 0 Å². The molecular weight excluding hydrogens is 420 g/mol. The molecule has 1 aliphatic heterocycles. The van der Waals surface area contributed by atoms with E-state index in [1.165, 1.54) is 0 Å². The number of aliphatic hydroxyl groups excluding tert-OH is 3. The maximum atomic E-state index is 12.1. The average molecular weight is 465 g/mol. The van der Waals surface area contributed by atoms with Crippen molar-refractivity contribution in [1.82, 2.24) is 0 Å². The van der Waals surface area contributed by atoms with E-state index in [0.717, 1.165) is 38.5 Å². The van der Waals surface area contributed by atoms with Crippen LogP contribution in [0.2, 0.25) is 0 Å². The first-order valence-electron chi connectivity index (χ1n) is 13.3. The zero-order valence-corrected chi connectivity index (χ0v) is 20.7. The predicted molar refractivity (Wildman–Crippen MR) is 124 cm³/mol. The van der Waals surface area contributed by atoms with E-state index in [-0.39, 0.29) is 23.4 Å². The van der Waals surface area contributed by atoms with E-state index in [4.69, 9.17) is 9.47 Å². The van der Waals surface area contributed by atoms with Crippen LogP contribution in [0.5, 0.6) is 0 Å². The Kier molecular flexibility index (Phi) is 6.07. The largest absolute Gasteiger partial charge is 0.393 e. The second-order valence-electron chi connectivity index (χ2n) is 12.5. The lowest BCUT2D eigenvalue weighted by Gasteiger charge is -2.60. The summed E-state index contributed by atoms with van der Waals surface area (Å²) in [5, 5.41) is 42.5. The number of ether oxygens (including phenoxy) is 2. The quantitative estimate of drug-likeness (QED) is 0.479. The summed E-state index contributed by atoms with van der Waals surface area (Å²) in [7, 11) is 0. The highest BCUT2D eigenvalue weighted by atomic mass is 16.7. The second-order valence-corrected chi connectivity index (χ2v) is 12.5. The molecule has 4 N–H and O–H groups in total. The van der Waals surface area contributed by atoms with Gasteiger partial charge in [-0.25, -0.2) is 0 Å². The third-order valence-corrected chi connectivity index (χ3v) is 11.1. The minimum Gasteiger partial charge on any atom is -0.393 e. The van der Waals surface area contributed by atoms with E-state index in [1.807, 2.05) is 6.92 Å². The maximum absolute atomic E-state index is 12.1. The van der Waals surface area contributed by atoms with Crippen LogP contribution in [0.3, 0.4) is 0 Å². The van der Waals surface area contributed by atoms with Crippen LogP contribution in [0.25, 0.3) is 0 Å². The summed E-state index contributed by atoms with van der Waals surface area (Å²) in [6.45, 7) is 8.39. The molecule has 4 fully saturated rings. The van der Waals surface area contributed by atoms with Crippen LogP contribution >= 0.6 is 0 Å². The molecule has 6 heteroatoms. The lowest BCUT2D eigenvalue weighted by atomic mass is 9.46. The molecule has 0 aromatic rings. The zero-order chi connectivity index (χ0) is 23.8. The Hall–Kier alpha value is -0.500. The SMILES string of the molecule is C[C@H]1O[C@@H](O[C@H](C)[C@@]2(O)CC[C@H]3[C@@H]4C=C[C@H]5C[C@@H](O)CC[C@]5(C)[C@H]4CC[C@@]32C)C[C@H](O)[C@@H]1O. The third-order valence-electron chi connectivity index (χ3n) is 11.1. The molecule has 4 aliphatic carbocycles. The van der Waals surface area contributed by atoms with Crippen LogP contribution in [0.1, 0.15) is 79.1 Å². The van der Waals surface area contributed by atoms with Gasteiger partial charge in [0, 0.05) is 11.8 Å². The first kappa shape index (κ1) is 24.2. The maximum Gasteiger partial charge on any atom is 0.161 e. The average Bonchev–Trinajstić information content (AvgIpc) is 3.04.